The Labute approximate surface area is 141 Å². The van der Waals surface area contributed by atoms with Crippen LogP contribution in [0, 0.1) is 6.92 Å². The van der Waals surface area contributed by atoms with Crippen LogP contribution in [0.15, 0.2) is 24.3 Å². The third-order valence-corrected chi connectivity index (χ3v) is 6.16. The molecule has 3 rings (SSSR count). The van der Waals surface area contributed by atoms with E-state index in [-0.39, 0.29) is 17.5 Å². The number of rotatable bonds is 3. The van der Waals surface area contributed by atoms with Gasteiger partial charge in [0.1, 0.15) is 19.3 Å². The molecule has 8 heteroatoms. The Morgan fingerprint density at radius 2 is 1.77 bits per heavy atom. The Balaban J connectivity index is 2.00. The molecule has 0 spiro atoms. The number of carbonyl (C=O) groups excluding carboxylic acids is 2. The molecule has 22 heavy (non-hydrogen) atoms. The van der Waals surface area contributed by atoms with E-state index >= 15 is 4.39 Å². The number of hydrogen-bond donors (Lipinski definition) is 0. The third-order valence-electron chi connectivity index (χ3n) is 4.62. The number of aryl methyl sites for hydroxylation is 1. The zero-order chi connectivity index (χ0) is 16.1. The lowest BCUT2D eigenvalue weighted by molar-refractivity contribution is -0.794. The van der Waals surface area contributed by atoms with Gasteiger partial charge in [-0.15, -0.1) is 22.6 Å². The average molecular weight is 419 g/mol. The highest BCUT2D eigenvalue weighted by molar-refractivity contribution is 14.1. The number of carbonyl (C=O) groups is 2. The zero-order valence-electron chi connectivity index (χ0n) is 12.3. The fourth-order valence-electron chi connectivity index (χ4n) is 3.39. The summed E-state index contributed by atoms with van der Waals surface area (Å²) in [6.45, 7) is -0.498. The van der Waals surface area contributed by atoms with Gasteiger partial charge in [-0.05, 0) is 18.1 Å². The Kier molecular flexibility index (Phi) is 3.71. The van der Waals surface area contributed by atoms with Crippen LogP contribution in [0.1, 0.15) is 17.3 Å². The smallest absolute Gasteiger partial charge is 0.599 e. The predicted molar refractivity (Wildman–Crippen MR) is 86.7 cm³/mol. The number of quaternary nitrogens is 1. The van der Waals surface area contributed by atoms with Gasteiger partial charge in [-0.2, -0.15) is 0 Å². The molecule has 1 aromatic rings. The van der Waals surface area contributed by atoms with Crippen LogP contribution in [-0.2, 0) is 18.9 Å². The van der Waals surface area contributed by atoms with Gasteiger partial charge in [0.2, 0.25) is 0 Å². The summed E-state index contributed by atoms with van der Waals surface area (Å²) in [6, 6.07) is 7.13. The second-order valence-corrected chi connectivity index (χ2v) is 7.64. The molecule has 0 aromatic heterocycles. The van der Waals surface area contributed by atoms with E-state index in [1.54, 1.807) is 19.2 Å². The Hall–Kier alpha value is -1.16. The lowest BCUT2D eigenvalue weighted by atomic mass is 9.62. The van der Waals surface area contributed by atoms with Crippen LogP contribution in [0.3, 0.4) is 0 Å². The van der Waals surface area contributed by atoms with Crippen molar-refractivity contribution < 1.29 is 27.7 Å². The van der Waals surface area contributed by atoms with Gasteiger partial charge in [-0.25, -0.2) is 4.39 Å². The summed E-state index contributed by atoms with van der Waals surface area (Å²) in [4.78, 5) is 23.5. The number of hydrogen-bond acceptors (Lipinski definition) is 4. The van der Waals surface area contributed by atoms with Crippen LogP contribution in [0.4, 0.5) is 4.39 Å². The summed E-state index contributed by atoms with van der Waals surface area (Å²) in [7, 11) is 1.71. The molecule has 0 saturated carbocycles. The molecule has 0 unspecified atom stereocenters. The quantitative estimate of drug-likeness (QED) is 0.427. The van der Waals surface area contributed by atoms with Gasteiger partial charge >= 0.3 is 18.6 Å². The van der Waals surface area contributed by atoms with Crippen LogP contribution < -0.4 is 0 Å². The van der Waals surface area contributed by atoms with Gasteiger partial charge in [-0.3, -0.25) is 9.59 Å². The van der Waals surface area contributed by atoms with Crippen molar-refractivity contribution in [1.82, 2.24) is 0 Å². The Morgan fingerprint density at radius 3 is 2.32 bits per heavy atom. The predicted octanol–water partition coefficient (Wildman–Crippen LogP) is 1.85. The highest BCUT2D eigenvalue weighted by Gasteiger charge is 2.70. The molecular formula is C14H16BFINO4. The van der Waals surface area contributed by atoms with Gasteiger partial charge in [0, 0.05) is 7.05 Å². The highest BCUT2D eigenvalue weighted by Crippen LogP contribution is 2.45. The lowest BCUT2D eigenvalue weighted by Gasteiger charge is -2.43. The standard InChI is InChI=1S/C14H16BFINO4/c1-9-5-3-4-6-10(9)13(16)14(17)15-18(2,7-11(19)21-15)8-12(20)22-15/h3-6,13-14H,7-8H2,1-2H3/t13-,14-,15?,18?/m0/s1. The molecule has 0 radical (unpaired) electrons. The average Bonchev–Trinajstić information content (AvgIpc) is 2.82. The number of fused-ring (bicyclic) bond motifs is 1. The van der Waals surface area contributed by atoms with E-state index in [1.807, 2.05) is 41.6 Å². The molecular weight excluding hydrogens is 403 g/mol. The molecule has 0 bridgehead atoms. The number of nitrogens with zero attached hydrogens (tertiary/aromatic N) is 1. The molecule has 1 aromatic carbocycles. The third kappa shape index (κ3) is 2.15. The normalized spacial score (nSPS) is 33.1. The van der Waals surface area contributed by atoms with Crippen molar-refractivity contribution in [1.29, 1.82) is 0 Å². The summed E-state index contributed by atoms with van der Waals surface area (Å²) in [5.74, 6) is -0.901. The first kappa shape index (κ1) is 15.7. The maximum Gasteiger partial charge on any atom is 0.599 e. The topological polar surface area (TPSA) is 52.6 Å². The summed E-state index contributed by atoms with van der Waals surface area (Å²) in [6.07, 6.45) is -1.39. The molecule has 0 aliphatic carbocycles. The van der Waals surface area contributed by atoms with Crippen molar-refractivity contribution in [3.05, 3.63) is 35.4 Å². The minimum absolute atomic E-state index is 0.00241. The summed E-state index contributed by atoms with van der Waals surface area (Å²) >= 11 is 1.91. The Bertz CT molecular complexity index is 635. The van der Waals surface area contributed by atoms with Gasteiger partial charge in [0.05, 0.1) is 3.82 Å². The van der Waals surface area contributed by atoms with Crippen molar-refractivity contribution in [3.63, 3.8) is 0 Å². The van der Waals surface area contributed by atoms with E-state index in [0.29, 0.717) is 5.56 Å². The molecule has 5 nitrogen and oxygen atoms in total. The van der Waals surface area contributed by atoms with E-state index in [9.17, 15) is 9.59 Å². The number of benzene rings is 1. The van der Waals surface area contributed by atoms with E-state index in [2.05, 4.69) is 0 Å². The number of halogens is 2. The van der Waals surface area contributed by atoms with Crippen molar-refractivity contribution in [2.24, 2.45) is 0 Å². The van der Waals surface area contributed by atoms with Crippen LogP contribution in [0.25, 0.3) is 0 Å². The summed E-state index contributed by atoms with van der Waals surface area (Å²) < 4.78 is 25.1. The van der Waals surface area contributed by atoms with Crippen molar-refractivity contribution in [3.8, 4) is 0 Å². The number of likely N-dealkylation sites (N-methyl/N-ethyl adjacent to an activating group) is 1. The largest absolute Gasteiger partial charge is 0.599 e. The first-order chi connectivity index (χ1) is 10.3. The van der Waals surface area contributed by atoms with Crippen molar-refractivity contribution in [2.75, 3.05) is 20.1 Å². The fourth-order valence-corrected chi connectivity index (χ4v) is 4.84. The first-order valence-electron chi connectivity index (χ1n) is 7.05. The fraction of sp³-hybridized carbons (Fsp3) is 0.429. The van der Waals surface area contributed by atoms with Crippen LogP contribution >= 0.6 is 22.6 Å². The first-order valence-corrected chi connectivity index (χ1v) is 8.30. The molecule has 2 aliphatic heterocycles. The molecule has 2 aliphatic rings. The van der Waals surface area contributed by atoms with E-state index in [1.165, 1.54) is 0 Å². The number of alkyl halides is 2. The SMILES string of the molecule is Cc1ccccc1[C@H](F)[C@H](I)[B-]12OC(=O)C[N+]1(C)CC(=O)O2. The molecule has 2 fully saturated rings. The molecule has 2 heterocycles. The van der Waals surface area contributed by atoms with Crippen molar-refractivity contribution >= 4 is 41.2 Å². The molecule has 2 atom stereocenters. The van der Waals surface area contributed by atoms with Crippen molar-refractivity contribution in [2.45, 2.75) is 16.9 Å². The van der Waals surface area contributed by atoms with E-state index in [0.717, 1.165) is 5.56 Å². The van der Waals surface area contributed by atoms with Gasteiger partial charge in [-0.1, -0.05) is 24.3 Å². The maximum atomic E-state index is 15.1. The van der Waals surface area contributed by atoms with Crippen LogP contribution in [0.5, 0.6) is 0 Å². The molecule has 2 saturated heterocycles. The minimum atomic E-state index is -2.39. The van der Waals surface area contributed by atoms with Gasteiger partial charge < -0.3 is 13.7 Å². The van der Waals surface area contributed by atoms with Crippen LogP contribution in [0.2, 0.25) is 0 Å². The van der Waals surface area contributed by atoms with Crippen LogP contribution in [-0.4, -0.2) is 47.0 Å². The summed E-state index contributed by atoms with van der Waals surface area (Å²) in [5.41, 5.74) is 1.34. The highest BCUT2D eigenvalue weighted by atomic mass is 127. The molecule has 118 valence electrons. The molecule has 0 amide bonds. The summed E-state index contributed by atoms with van der Waals surface area (Å²) in [5, 5.41) is 0. The second-order valence-electron chi connectivity index (χ2n) is 6.21. The van der Waals surface area contributed by atoms with Gasteiger partial charge in [0.25, 0.3) is 0 Å². The lowest BCUT2D eigenvalue weighted by Crippen LogP contribution is -2.66. The second kappa shape index (κ2) is 5.19. The monoisotopic (exact) mass is 419 g/mol. The maximum absolute atomic E-state index is 15.1. The minimum Gasteiger partial charge on any atom is -0.599 e. The van der Waals surface area contributed by atoms with Gasteiger partial charge in [0.15, 0.2) is 0 Å². The van der Waals surface area contributed by atoms with E-state index < -0.39 is 28.6 Å². The van der Waals surface area contributed by atoms with E-state index in [4.69, 9.17) is 9.31 Å². The Morgan fingerprint density at radius 1 is 1.23 bits per heavy atom. The molecule has 0 N–H and O–H groups in total. The zero-order valence-corrected chi connectivity index (χ0v) is 14.4.